The van der Waals surface area contributed by atoms with Crippen LogP contribution in [0.2, 0.25) is 0 Å². The van der Waals surface area contributed by atoms with Gasteiger partial charge in [0.25, 0.3) is 0 Å². The van der Waals surface area contributed by atoms with Gasteiger partial charge in [-0.3, -0.25) is 9.89 Å². The van der Waals surface area contributed by atoms with Crippen molar-refractivity contribution in [1.29, 1.82) is 0 Å². The van der Waals surface area contributed by atoms with Crippen LogP contribution in [0.1, 0.15) is 24.2 Å². The maximum Gasteiger partial charge on any atom is 0.323 e. The molecule has 0 spiro atoms. The zero-order valence-corrected chi connectivity index (χ0v) is 18.1. The Bertz CT molecular complexity index is 1290. The number of hydrogen-bond acceptors (Lipinski definition) is 5. The van der Waals surface area contributed by atoms with Gasteiger partial charge in [0, 0.05) is 17.9 Å². The van der Waals surface area contributed by atoms with Crippen molar-refractivity contribution in [3.05, 3.63) is 72.0 Å². The summed E-state index contributed by atoms with van der Waals surface area (Å²) in [5.41, 5.74) is 9.38. The predicted molar refractivity (Wildman–Crippen MR) is 128 cm³/mol. The van der Waals surface area contributed by atoms with Crippen molar-refractivity contribution >= 4 is 39.9 Å². The highest BCUT2D eigenvalue weighted by Crippen LogP contribution is 2.31. The van der Waals surface area contributed by atoms with Crippen LogP contribution in [0.25, 0.3) is 22.0 Å². The van der Waals surface area contributed by atoms with E-state index in [1.54, 1.807) is 19.1 Å². The first-order valence-corrected chi connectivity index (χ1v) is 10.2. The number of aromatic nitrogens is 2. The van der Waals surface area contributed by atoms with E-state index in [1.807, 2.05) is 30.3 Å². The highest BCUT2D eigenvalue weighted by atomic mass is 19.1. The molecular weight excluding hydrogens is 425 g/mol. The number of halogens is 1. The van der Waals surface area contributed by atoms with Crippen molar-refractivity contribution in [2.24, 2.45) is 0 Å². The van der Waals surface area contributed by atoms with Gasteiger partial charge < -0.3 is 21.5 Å². The molecule has 6 N–H and O–H groups in total. The van der Waals surface area contributed by atoms with E-state index in [0.29, 0.717) is 17.1 Å². The molecule has 0 aliphatic heterocycles. The maximum atomic E-state index is 13.9. The fourth-order valence-corrected chi connectivity index (χ4v) is 3.20. The molecule has 0 radical (unpaired) electrons. The summed E-state index contributed by atoms with van der Waals surface area (Å²) in [5, 5.41) is 20.4. The number of carbonyl (C=O) groups is 2. The SMILES string of the molecule is CC(=O)c1ccc(F)c(NC(=O)Nc2ccc(-c3cccc4[nH]nc(N)c34)cc2)c1.CCO. The van der Waals surface area contributed by atoms with Crippen LogP contribution in [0.3, 0.4) is 0 Å². The van der Waals surface area contributed by atoms with Crippen LogP contribution in [0.15, 0.2) is 60.7 Å². The number of hydrogen-bond donors (Lipinski definition) is 5. The molecule has 33 heavy (non-hydrogen) atoms. The first-order valence-electron chi connectivity index (χ1n) is 10.2. The number of aromatic amines is 1. The minimum Gasteiger partial charge on any atom is -0.397 e. The molecule has 0 saturated heterocycles. The van der Waals surface area contributed by atoms with E-state index in [4.69, 9.17) is 10.8 Å². The third kappa shape index (κ3) is 5.52. The Kier molecular flexibility index (Phi) is 7.37. The molecule has 170 valence electrons. The Morgan fingerprint density at radius 1 is 1.09 bits per heavy atom. The van der Waals surface area contributed by atoms with Gasteiger partial charge in [-0.25, -0.2) is 9.18 Å². The highest BCUT2D eigenvalue weighted by Gasteiger charge is 2.12. The van der Waals surface area contributed by atoms with Crippen LogP contribution in [0.4, 0.5) is 26.4 Å². The molecule has 1 heterocycles. The van der Waals surface area contributed by atoms with Crippen molar-refractivity contribution in [2.45, 2.75) is 13.8 Å². The monoisotopic (exact) mass is 449 g/mol. The van der Waals surface area contributed by atoms with Crippen molar-refractivity contribution in [1.82, 2.24) is 10.2 Å². The van der Waals surface area contributed by atoms with Gasteiger partial charge in [0.2, 0.25) is 0 Å². The van der Waals surface area contributed by atoms with E-state index in [2.05, 4.69) is 20.8 Å². The number of nitrogens with two attached hydrogens (primary N) is 1. The number of ketones is 1. The number of aliphatic hydroxyl groups is 1. The first-order chi connectivity index (χ1) is 15.8. The number of rotatable bonds is 4. The van der Waals surface area contributed by atoms with Crippen molar-refractivity contribution in [2.75, 3.05) is 23.0 Å². The van der Waals surface area contributed by atoms with E-state index in [1.165, 1.54) is 19.1 Å². The minimum absolute atomic E-state index is 0.0704. The largest absolute Gasteiger partial charge is 0.397 e. The Labute approximate surface area is 189 Å². The fraction of sp³-hybridized carbons (Fsp3) is 0.125. The Morgan fingerprint density at radius 2 is 1.79 bits per heavy atom. The first kappa shape index (κ1) is 23.4. The topological polar surface area (TPSA) is 133 Å². The smallest absolute Gasteiger partial charge is 0.323 e. The third-order valence-electron chi connectivity index (χ3n) is 4.69. The standard InChI is InChI=1S/C22H18FN5O2.C2H6O/c1-12(29)14-7-10-17(23)19(11-14)26-22(30)25-15-8-5-13(6-9-15)16-3-2-4-18-20(16)21(24)28-27-18;1-2-3/h2-11H,1H3,(H3,24,27,28)(H2,25,26,30);3H,2H2,1H3. The van der Waals surface area contributed by atoms with Crippen LogP contribution >= 0.6 is 0 Å². The van der Waals surface area contributed by atoms with E-state index >= 15 is 0 Å². The molecule has 0 unspecified atom stereocenters. The highest BCUT2D eigenvalue weighted by molar-refractivity contribution is 6.03. The van der Waals surface area contributed by atoms with Gasteiger partial charge in [-0.1, -0.05) is 24.3 Å². The number of H-pyrrole nitrogens is 1. The average molecular weight is 449 g/mol. The predicted octanol–water partition coefficient (Wildman–Crippen LogP) is 4.80. The van der Waals surface area contributed by atoms with Crippen LogP contribution in [-0.2, 0) is 0 Å². The molecule has 9 heteroatoms. The number of benzene rings is 3. The molecule has 0 aliphatic carbocycles. The second-order valence-electron chi connectivity index (χ2n) is 7.06. The van der Waals surface area contributed by atoms with Gasteiger partial charge in [-0.15, -0.1) is 0 Å². The van der Waals surface area contributed by atoms with Crippen molar-refractivity contribution in [3.63, 3.8) is 0 Å². The summed E-state index contributed by atoms with van der Waals surface area (Å²) in [6.07, 6.45) is 0. The number of aliphatic hydroxyl groups excluding tert-OH is 1. The summed E-state index contributed by atoms with van der Waals surface area (Å²) < 4.78 is 13.9. The Hall–Kier alpha value is -4.24. The molecule has 0 saturated carbocycles. The van der Waals surface area contributed by atoms with Crippen molar-refractivity contribution in [3.8, 4) is 11.1 Å². The third-order valence-corrected chi connectivity index (χ3v) is 4.69. The molecule has 0 bridgehead atoms. The normalized spacial score (nSPS) is 10.3. The number of nitrogens with zero attached hydrogens (tertiary/aromatic N) is 1. The summed E-state index contributed by atoms with van der Waals surface area (Å²) in [4.78, 5) is 23.7. The summed E-state index contributed by atoms with van der Waals surface area (Å²) in [5.74, 6) is -0.435. The minimum atomic E-state index is -0.628. The number of fused-ring (bicyclic) bond motifs is 1. The van der Waals surface area contributed by atoms with Gasteiger partial charge in [0.05, 0.1) is 16.6 Å². The number of amides is 2. The summed E-state index contributed by atoms with van der Waals surface area (Å²) in [7, 11) is 0. The molecule has 1 aromatic heterocycles. The van der Waals surface area contributed by atoms with E-state index in [0.717, 1.165) is 28.1 Å². The molecule has 3 aromatic carbocycles. The maximum absolute atomic E-state index is 13.9. The molecule has 0 fully saturated rings. The van der Waals surface area contributed by atoms with E-state index in [-0.39, 0.29) is 18.1 Å². The van der Waals surface area contributed by atoms with Gasteiger partial charge >= 0.3 is 6.03 Å². The number of nitrogen functional groups attached to an aromatic ring is 1. The molecule has 4 aromatic rings. The number of urea groups is 1. The Balaban J connectivity index is 0.000000968. The van der Waals surface area contributed by atoms with Gasteiger partial charge in [-0.05, 0) is 61.4 Å². The van der Waals surface area contributed by atoms with Crippen molar-refractivity contribution < 1.29 is 19.1 Å². The number of anilines is 3. The molecule has 8 nitrogen and oxygen atoms in total. The quantitative estimate of drug-likeness (QED) is 0.286. The molecule has 4 rings (SSSR count). The lowest BCUT2D eigenvalue weighted by atomic mass is 10.0. The van der Waals surface area contributed by atoms with Crippen LogP contribution < -0.4 is 16.4 Å². The molecule has 0 atom stereocenters. The summed E-state index contributed by atoms with van der Waals surface area (Å²) in [6, 6.07) is 16.1. The number of nitrogens with one attached hydrogen (secondary N) is 3. The number of carbonyl (C=O) groups excluding carboxylic acids is 2. The molecule has 2 amide bonds. The van der Waals surface area contributed by atoms with Crippen LogP contribution in [0.5, 0.6) is 0 Å². The zero-order valence-electron chi connectivity index (χ0n) is 18.1. The second-order valence-corrected chi connectivity index (χ2v) is 7.06. The van der Waals surface area contributed by atoms with Gasteiger partial charge in [0.15, 0.2) is 11.6 Å². The zero-order chi connectivity index (χ0) is 24.0. The van der Waals surface area contributed by atoms with Crippen LogP contribution in [-0.4, -0.2) is 33.7 Å². The van der Waals surface area contributed by atoms with Gasteiger partial charge in [-0.2, -0.15) is 5.10 Å². The number of Topliss-reactive ketones (excluding diaryl/α,β-unsaturated/α-hetero) is 1. The summed E-state index contributed by atoms with van der Waals surface area (Å²) >= 11 is 0. The second kappa shape index (κ2) is 10.4. The van der Waals surface area contributed by atoms with E-state index in [9.17, 15) is 14.0 Å². The average Bonchev–Trinajstić information content (AvgIpc) is 3.17. The fourth-order valence-electron chi connectivity index (χ4n) is 3.20. The van der Waals surface area contributed by atoms with Gasteiger partial charge in [0.1, 0.15) is 5.82 Å². The van der Waals surface area contributed by atoms with Crippen LogP contribution in [0, 0.1) is 5.82 Å². The molecule has 0 aliphatic rings. The Morgan fingerprint density at radius 3 is 2.45 bits per heavy atom. The van der Waals surface area contributed by atoms with E-state index < -0.39 is 11.8 Å². The lowest BCUT2D eigenvalue weighted by molar-refractivity contribution is 0.101. The summed E-state index contributed by atoms with van der Waals surface area (Å²) in [6.45, 7) is 3.30. The lowest BCUT2D eigenvalue weighted by Crippen LogP contribution is -2.20. The lowest BCUT2D eigenvalue weighted by Gasteiger charge is -2.10. The molecular formula is C24H24FN5O3.